The first-order valence-electron chi connectivity index (χ1n) is 10.6. The molecule has 0 saturated carbocycles. The van der Waals surface area contributed by atoms with E-state index in [1.807, 2.05) is 51.4 Å². The lowest BCUT2D eigenvalue weighted by molar-refractivity contribution is -0.130. The van der Waals surface area contributed by atoms with Crippen molar-refractivity contribution in [3.63, 3.8) is 0 Å². The summed E-state index contributed by atoms with van der Waals surface area (Å²) in [6.07, 6.45) is 5.43. The number of terminal acetylenes is 1. The summed E-state index contributed by atoms with van der Waals surface area (Å²) in [6, 6.07) is 9.69. The maximum Gasteiger partial charge on any atom is 0.238 e. The van der Waals surface area contributed by atoms with Gasteiger partial charge in [-0.2, -0.15) is 5.26 Å². The van der Waals surface area contributed by atoms with E-state index in [4.69, 9.17) is 11.2 Å². The quantitative estimate of drug-likeness (QED) is 0.460. The van der Waals surface area contributed by atoms with E-state index >= 15 is 0 Å². The Hall–Kier alpha value is -2.88. The normalized spacial score (nSPS) is 18.7. The minimum atomic E-state index is -0.856. The molecule has 3 atom stereocenters. The largest absolute Gasteiger partial charge is 0.492 e. The van der Waals surface area contributed by atoms with Gasteiger partial charge in [-0.1, -0.05) is 12.0 Å². The van der Waals surface area contributed by atoms with Crippen LogP contribution in [0.4, 0.5) is 5.69 Å². The summed E-state index contributed by atoms with van der Waals surface area (Å²) in [6.45, 7) is 4.36. The van der Waals surface area contributed by atoms with Gasteiger partial charge < -0.3 is 25.2 Å². The van der Waals surface area contributed by atoms with Gasteiger partial charge in [-0.25, -0.2) is 0 Å². The molecule has 1 fully saturated rings. The van der Waals surface area contributed by atoms with Gasteiger partial charge in [0.15, 0.2) is 0 Å². The van der Waals surface area contributed by atoms with Crippen LogP contribution < -0.4 is 15.4 Å². The molecule has 32 heavy (non-hydrogen) atoms. The first-order chi connectivity index (χ1) is 15.4. The number of carbonyl (C=O) groups is 2. The maximum atomic E-state index is 12.9. The van der Waals surface area contributed by atoms with E-state index in [0.717, 1.165) is 18.0 Å². The number of nitrogens with zero attached hydrogens (tertiary/aromatic N) is 3. The minimum Gasteiger partial charge on any atom is -0.492 e. The van der Waals surface area contributed by atoms with Crippen molar-refractivity contribution in [2.24, 2.45) is 5.92 Å². The third-order valence-corrected chi connectivity index (χ3v) is 6.43. The van der Waals surface area contributed by atoms with Gasteiger partial charge in [0.1, 0.15) is 23.5 Å². The van der Waals surface area contributed by atoms with Crippen molar-refractivity contribution in [1.29, 1.82) is 5.26 Å². The molecular formula is C23H31N5O3S. The Kier molecular flexibility index (Phi) is 10.2. The molecule has 1 aliphatic heterocycles. The average Bonchev–Trinajstić information content (AvgIpc) is 3.08. The number of hydrogen-bond acceptors (Lipinski definition) is 7. The summed E-state index contributed by atoms with van der Waals surface area (Å²) < 4.78 is 5.77. The molecule has 0 spiro atoms. The number of amides is 2. The molecule has 0 aromatic heterocycles. The van der Waals surface area contributed by atoms with E-state index in [1.165, 1.54) is 11.8 Å². The number of rotatable bonds is 12. The number of anilines is 1. The van der Waals surface area contributed by atoms with E-state index in [0.29, 0.717) is 19.7 Å². The van der Waals surface area contributed by atoms with Crippen LogP contribution >= 0.6 is 11.8 Å². The number of nitrogens with one attached hydrogen (secondary N) is 2. The lowest BCUT2D eigenvalue weighted by atomic mass is 10.1. The molecule has 9 heteroatoms. The summed E-state index contributed by atoms with van der Waals surface area (Å²) in [5.74, 6) is 1.85. The van der Waals surface area contributed by atoms with Gasteiger partial charge in [0.25, 0.3) is 0 Å². The van der Waals surface area contributed by atoms with Gasteiger partial charge in [-0.3, -0.25) is 9.59 Å². The molecule has 1 aromatic rings. The van der Waals surface area contributed by atoms with Crippen LogP contribution in [0.5, 0.6) is 5.75 Å². The SMILES string of the molecule is C#CCNC(=O)C(C#N)CC1SC(CNc2cccc(OCCN(C)C)c2)C(=O)N1CC. The zero-order valence-electron chi connectivity index (χ0n) is 18.8. The lowest BCUT2D eigenvalue weighted by Gasteiger charge is -2.23. The Labute approximate surface area is 194 Å². The highest BCUT2D eigenvalue weighted by Gasteiger charge is 2.41. The van der Waals surface area contributed by atoms with E-state index in [2.05, 4.69) is 21.5 Å². The van der Waals surface area contributed by atoms with E-state index in [9.17, 15) is 14.9 Å². The van der Waals surface area contributed by atoms with Gasteiger partial charge in [0.05, 0.1) is 18.0 Å². The molecule has 0 radical (unpaired) electrons. The number of ether oxygens (including phenoxy) is 1. The zero-order valence-corrected chi connectivity index (χ0v) is 19.7. The topological polar surface area (TPSA) is 97.7 Å². The summed E-state index contributed by atoms with van der Waals surface area (Å²) in [7, 11) is 3.99. The van der Waals surface area contributed by atoms with Crippen LogP contribution in [-0.2, 0) is 9.59 Å². The number of carbonyl (C=O) groups excluding carboxylic acids is 2. The molecule has 172 valence electrons. The molecule has 1 heterocycles. The number of thioether (sulfide) groups is 1. The number of nitriles is 1. The fraction of sp³-hybridized carbons (Fsp3) is 0.522. The third-order valence-electron chi connectivity index (χ3n) is 4.98. The maximum absolute atomic E-state index is 12.9. The van der Waals surface area contributed by atoms with Crippen molar-refractivity contribution in [2.45, 2.75) is 24.0 Å². The fourth-order valence-corrected chi connectivity index (χ4v) is 4.77. The highest BCUT2D eigenvalue weighted by molar-refractivity contribution is 8.01. The molecule has 0 aliphatic carbocycles. The van der Waals surface area contributed by atoms with E-state index < -0.39 is 11.8 Å². The molecule has 0 bridgehead atoms. The predicted molar refractivity (Wildman–Crippen MR) is 127 cm³/mol. The second kappa shape index (κ2) is 12.8. The zero-order chi connectivity index (χ0) is 23.5. The predicted octanol–water partition coefficient (Wildman–Crippen LogP) is 1.61. The Bertz CT molecular complexity index is 864. The van der Waals surface area contributed by atoms with Crippen molar-refractivity contribution in [3.05, 3.63) is 24.3 Å². The highest BCUT2D eigenvalue weighted by Crippen LogP contribution is 2.35. The summed E-state index contributed by atoms with van der Waals surface area (Å²) in [4.78, 5) is 28.8. The summed E-state index contributed by atoms with van der Waals surface area (Å²) >= 11 is 1.48. The van der Waals surface area contributed by atoms with Crippen molar-refractivity contribution in [2.75, 3.05) is 52.2 Å². The van der Waals surface area contributed by atoms with Crippen LogP contribution in [-0.4, -0.2) is 79.1 Å². The number of likely N-dealkylation sites (N-methyl/N-ethyl adjacent to an activating group) is 1. The molecule has 2 amide bonds. The van der Waals surface area contributed by atoms with Crippen LogP contribution in [0.1, 0.15) is 13.3 Å². The lowest BCUT2D eigenvalue weighted by Crippen LogP contribution is -2.38. The van der Waals surface area contributed by atoms with E-state index in [-0.39, 0.29) is 29.5 Å². The van der Waals surface area contributed by atoms with Crippen LogP contribution in [0.25, 0.3) is 0 Å². The molecule has 2 N–H and O–H groups in total. The molecule has 1 aliphatic rings. The molecule has 8 nitrogen and oxygen atoms in total. The molecular weight excluding hydrogens is 426 g/mol. The number of hydrogen-bond donors (Lipinski definition) is 2. The van der Waals surface area contributed by atoms with Gasteiger partial charge in [-0.15, -0.1) is 18.2 Å². The smallest absolute Gasteiger partial charge is 0.238 e. The van der Waals surface area contributed by atoms with Gasteiger partial charge >= 0.3 is 0 Å². The Morgan fingerprint density at radius 2 is 2.22 bits per heavy atom. The van der Waals surface area contributed by atoms with Gasteiger partial charge in [-0.05, 0) is 33.2 Å². The molecule has 1 saturated heterocycles. The summed E-state index contributed by atoms with van der Waals surface area (Å²) in [5, 5.41) is 14.7. The average molecular weight is 458 g/mol. The third kappa shape index (κ3) is 7.37. The van der Waals surface area contributed by atoms with Crippen LogP contribution in [0.2, 0.25) is 0 Å². The van der Waals surface area contributed by atoms with Crippen molar-refractivity contribution in [1.82, 2.24) is 15.1 Å². The van der Waals surface area contributed by atoms with Gasteiger partial charge in [0, 0.05) is 37.8 Å². The first kappa shape index (κ1) is 25.4. The van der Waals surface area contributed by atoms with Crippen LogP contribution in [0, 0.1) is 29.6 Å². The summed E-state index contributed by atoms with van der Waals surface area (Å²) in [5.41, 5.74) is 0.871. The second-order valence-electron chi connectivity index (χ2n) is 7.60. The van der Waals surface area contributed by atoms with Crippen molar-refractivity contribution in [3.8, 4) is 24.2 Å². The fourth-order valence-electron chi connectivity index (χ4n) is 3.26. The highest BCUT2D eigenvalue weighted by atomic mass is 32.2. The first-order valence-corrected chi connectivity index (χ1v) is 11.5. The van der Waals surface area contributed by atoms with Crippen LogP contribution in [0.15, 0.2) is 24.3 Å². The van der Waals surface area contributed by atoms with Crippen molar-refractivity contribution < 1.29 is 14.3 Å². The molecule has 1 aromatic carbocycles. The Balaban J connectivity index is 1.94. The Morgan fingerprint density at radius 1 is 1.44 bits per heavy atom. The molecule has 3 unspecified atom stereocenters. The van der Waals surface area contributed by atoms with E-state index in [1.54, 1.807) is 4.90 Å². The number of benzene rings is 1. The minimum absolute atomic E-state index is 0.00844. The molecule has 2 rings (SSSR count). The van der Waals surface area contributed by atoms with Crippen LogP contribution in [0.3, 0.4) is 0 Å². The second-order valence-corrected chi connectivity index (χ2v) is 8.99. The van der Waals surface area contributed by atoms with Crippen molar-refractivity contribution >= 4 is 29.3 Å². The monoisotopic (exact) mass is 457 g/mol. The van der Waals surface area contributed by atoms with Gasteiger partial charge in [0.2, 0.25) is 11.8 Å². The Morgan fingerprint density at radius 3 is 2.88 bits per heavy atom. The standard InChI is InChI=1S/C23H31N5O3S/c1-5-10-25-22(29)17(15-24)13-21-28(6-2)23(30)20(32-21)16-26-18-8-7-9-19(14-18)31-12-11-27(3)4/h1,7-9,14,17,20-21,26H,6,10-13,16H2,2-4H3,(H,25,29).